The molecule has 1 aliphatic heterocycles. The van der Waals surface area contributed by atoms with Crippen molar-refractivity contribution in [3.63, 3.8) is 0 Å². The zero-order chi connectivity index (χ0) is 18.8. The molecule has 25 heavy (non-hydrogen) atoms. The van der Waals surface area contributed by atoms with E-state index in [1.807, 2.05) is 4.90 Å². The number of rotatable bonds is 2. The molecule has 1 unspecified atom stereocenters. The van der Waals surface area contributed by atoms with Crippen molar-refractivity contribution in [2.24, 2.45) is 0 Å². The van der Waals surface area contributed by atoms with Crippen molar-refractivity contribution in [1.29, 1.82) is 0 Å². The van der Waals surface area contributed by atoms with E-state index in [1.165, 1.54) is 0 Å². The smallest absolute Gasteiger partial charge is 0.417 e. The second kappa shape index (κ2) is 7.09. The average molecular weight is 359 g/mol. The van der Waals surface area contributed by atoms with Crippen LogP contribution >= 0.6 is 0 Å². The van der Waals surface area contributed by atoms with Gasteiger partial charge >= 0.3 is 12.3 Å². The quantitative estimate of drug-likeness (QED) is 0.870. The van der Waals surface area contributed by atoms with Crippen LogP contribution in [0.1, 0.15) is 44.7 Å². The first kappa shape index (κ1) is 19.3. The summed E-state index contributed by atoms with van der Waals surface area (Å²) in [5, 5.41) is 2.82. The number of hydrogen-bond acceptors (Lipinski definition) is 4. The van der Waals surface area contributed by atoms with Gasteiger partial charge in [0.25, 0.3) is 0 Å². The topological polar surface area (TPSA) is 54.5 Å². The molecular formula is C17H24F3N3O2. The molecule has 2 rings (SSSR count). The van der Waals surface area contributed by atoms with Gasteiger partial charge in [-0.3, -0.25) is 0 Å². The van der Waals surface area contributed by atoms with Crippen molar-refractivity contribution in [3.8, 4) is 0 Å². The van der Waals surface area contributed by atoms with E-state index >= 15 is 0 Å². The number of aryl methyl sites for hydroxylation is 1. The van der Waals surface area contributed by atoms with Crippen molar-refractivity contribution in [2.75, 3.05) is 18.0 Å². The summed E-state index contributed by atoms with van der Waals surface area (Å²) in [6.07, 6.45) is -2.44. The number of alkyl halides is 3. The summed E-state index contributed by atoms with van der Waals surface area (Å²) in [7, 11) is 0. The van der Waals surface area contributed by atoms with Crippen LogP contribution in [0.5, 0.6) is 0 Å². The van der Waals surface area contributed by atoms with E-state index in [2.05, 4.69) is 10.3 Å². The third-order valence-corrected chi connectivity index (χ3v) is 3.82. The van der Waals surface area contributed by atoms with Crippen LogP contribution in [0.3, 0.4) is 0 Å². The van der Waals surface area contributed by atoms with Gasteiger partial charge in [0.15, 0.2) is 0 Å². The first-order chi connectivity index (χ1) is 11.5. The van der Waals surface area contributed by atoms with Crippen LogP contribution in [-0.4, -0.2) is 35.8 Å². The predicted octanol–water partition coefficient (Wildman–Crippen LogP) is 3.90. The zero-order valence-corrected chi connectivity index (χ0v) is 14.9. The summed E-state index contributed by atoms with van der Waals surface area (Å²) >= 11 is 0. The van der Waals surface area contributed by atoms with E-state index < -0.39 is 23.4 Å². The highest BCUT2D eigenvalue weighted by Crippen LogP contribution is 2.31. The lowest BCUT2D eigenvalue weighted by Crippen LogP contribution is -2.49. The Hall–Kier alpha value is -1.99. The predicted molar refractivity (Wildman–Crippen MR) is 88.6 cm³/mol. The van der Waals surface area contributed by atoms with E-state index in [0.717, 1.165) is 25.1 Å². The Labute approximate surface area is 145 Å². The third-order valence-electron chi connectivity index (χ3n) is 3.82. The van der Waals surface area contributed by atoms with Crippen LogP contribution in [0.15, 0.2) is 12.3 Å². The minimum absolute atomic E-state index is 0.132. The fourth-order valence-corrected chi connectivity index (χ4v) is 2.82. The van der Waals surface area contributed by atoms with Crippen LogP contribution in [0.4, 0.5) is 23.8 Å². The average Bonchev–Trinajstić information content (AvgIpc) is 2.44. The fourth-order valence-electron chi connectivity index (χ4n) is 2.82. The van der Waals surface area contributed by atoms with Gasteiger partial charge in [0.2, 0.25) is 0 Å². The number of ether oxygens (including phenoxy) is 1. The summed E-state index contributed by atoms with van der Waals surface area (Å²) in [5.74, 6) is 0.517. The molecule has 1 aromatic rings. The second-order valence-corrected chi connectivity index (χ2v) is 7.29. The van der Waals surface area contributed by atoms with Crippen LogP contribution in [0.25, 0.3) is 0 Å². The Balaban J connectivity index is 2.05. The minimum Gasteiger partial charge on any atom is -0.444 e. The highest BCUT2D eigenvalue weighted by atomic mass is 19.4. The SMILES string of the molecule is Cc1cc(C(F)(F)F)cnc1N1CCCC(NC(=O)OC(C)(C)C)C1. The number of nitrogens with one attached hydrogen (secondary N) is 1. The van der Waals surface area contributed by atoms with Gasteiger partial charge in [-0.15, -0.1) is 0 Å². The van der Waals surface area contributed by atoms with E-state index in [4.69, 9.17) is 4.74 Å². The number of anilines is 1. The van der Waals surface area contributed by atoms with Crippen molar-refractivity contribution >= 4 is 11.9 Å². The van der Waals surface area contributed by atoms with Crippen LogP contribution in [-0.2, 0) is 10.9 Å². The zero-order valence-electron chi connectivity index (χ0n) is 14.9. The summed E-state index contributed by atoms with van der Waals surface area (Å²) in [6, 6.07) is 0.972. The van der Waals surface area contributed by atoms with Gasteiger partial charge in [-0.25, -0.2) is 9.78 Å². The first-order valence-corrected chi connectivity index (χ1v) is 8.24. The van der Waals surface area contributed by atoms with E-state index in [1.54, 1.807) is 27.7 Å². The lowest BCUT2D eigenvalue weighted by atomic mass is 10.0. The molecule has 0 radical (unpaired) electrons. The van der Waals surface area contributed by atoms with E-state index in [-0.39, 0.29) is 6.04 Å². The molecule has 140 valence electrons. The summed E-state index contributed by atoms with van der Waals surface area (Å²) in [4.78, 5) is 17.8. The van der Waals surface area contributed by atoms with Gasteiger partial charge in [-0.2, -0.15) is 13.2 Å². The van der Waals surface area contributed by atoms with Crippen molar-refractivity contribution in [1.82, 2.24) is 10.3 Å². The van der Waals surface area contributed by atoms with Crippen LogP contribution in [0.2, 0.25) is 0 Å². The first-order valence-electron chi connectivity index (χ1n) is 8.24. The minimum atomic E-state index is -4.40. The number of carbonyl (C=O) groups is 1. The summed E-state index contributed by atoms with van der Waals surface area (Å²) < 4.78 is 43.6. The Morgan fingerprint density at radius 2 is 2.04 bits per heavy atom. The molecule has 0 bridgehead atoms. The second-order valence-electron chi connectivity index (χ2n) is 7.29. The maximum absolute atomic E-state index is 12.8. The lowest BCUT2D eigenvalue weighted by Gasteiger charge is -2.35. The highest BCUT2D eigenvalue weighted by Gasteiger charge is 2.32. The van der Waals surface area contributed by atoms with Gasteiger partial charge in [-0.05, 0) is 52.2 Å². The number of nitrogens with zero attached hydrogens (tertiary/aromatic N) is 2. The molecule has 1 saturated heterocycles. The molecule has 2 heterocycles. The molecule has 1 aliphatic rings. The maximum Gasteiger partial charge on any atom is 0.417 e. The number of alkyl carbamates (subject to hydrolysis) is 1. The normalized spacial score (nSPS) is 18.8. The van der Waals surface area contributed by atoms with Crippen LogP contribution < -0.4 is 10.2 Å². The molecule has 0 spiro atoms. The molecule has 1 amide bonds. The number of pyridine rings is 1. The Bertz CT molecular complexity index is 627. The number of hydrogen-bond donors (Lipinski definition) is 1. The Kier molecular flexibility index (Phi) is 5.49. The Morgan fingerprint density at radius 3 is 2.60 bits per heavy atom. The maximum atomic E-state index is 12.8. The number of amides is 1. The third kappa shape index (κ3) is 5.51. The molecule has 1 fully saturated rings. The standard InChI is InChI=1S/C17H24F3N3O2/c1-11-8-12(17(18,19)20)9-21-14(11)23-7-5-6-13(10-23)22-15(24)25-16(2,3)4/h8-9,13H,5-7,10H2,1-4H3,(H,22,24). The fraction of sp³-hybridized carbons (Fsp3) is 0.647. The van der Waals surface area contributed by atoms with Crippen molar-refractivity contribution < 1.29 is 22.7 Å². The van der Waals surface area contributed by atoms with E-state index in [0.29, 0.717) is 24.5 Å². The molecule has 0 aliphatic carbocycles. The van der Waals surface area contributed by atoms with Crippen molar-refractivity contribution in [3.05, 3.63) is 23.4 Å². The van der Waals surface area contributed by atoms with E-state index in [9.17, 15) is 18.0 Å². The number of carbonyl (C=O) groups excluding carboxylic acids is 1. The molecule has 1 aromatic heterocycles. The molecule has 1 atom stereocenters. The monoisotopic (exact) mass is 359 g/mol. The molecule has 1 N–H and O–H groups in total. The molecule has 0 aromatic carbocycles. The van der Waals surface area contributed by atoms with Crippen molar-refractivity contribution in [2.45, 2.75) is 58.4 Å². The molecular weight excluding hydrogens is 335 g/mol. The molecule has 0 saturated carbocycles. The van der Waals surface area contributed by atoms with Gasteiger partial charge < -0.3 is 15.0 Å². The van der Waals surface area contributed by atoms with Gasteiger partial charge in [0.05, 0.1) is 5.56 Å². The lowest BCUT2D eigenvalue weighted by molar-refractivity contribution is -0.137. The Morgan fingerprint density at radius 1 is 1.36 bits per heavy atom. The number of piperidine rings is 1. The summed E-state index contributed by atoms with van der Waals surface area (Å²) in [5.41, 5.74) is -0.869. The van der Waals surface area contributed by atoms with Gasteiger partial charge in [0, 0.05) is 25.3 Å². The highest BCUT2D eigenvalue weighted by molar-refractivity contribution is 5.68. The molecule has 5 nitrogen and oxygen atoms in total. The van der Waals surface area contributed by atoms with Gasteiger partial charge in [-0.1, -0.05) is 0 Å². The van der Waals surface area contributed by atoms with Gasteiger partial charge in [0.1, 0.15) is 11.4 Å². The summed E-state index contributed by atoms with van der Waals surface area (Å²) in [6.45, 7) is 8.15. The number of aromatic nitrogens is 1. The largest absolute Gasteiger partial charge is 0.444 e. The molecule has 8 heteroatoms. The number of halogens is 3. The van der Waals surface area contributed by atoms with Crippen LogP contribution in [0, 0.1) is 6.92 Å².